The van der Waals surface area contributed by atoms with Crippen molar-refractivity contribution in [3.8, 4) is 0 Å². The highest BCUT2D eigenvalue weighted by Crippen LogP contribution is 2.19. The monoisotopic (exact) mass is 579 g/mol. The van der Waals surface area contributed by atoms with E-state index >= 15 is 0 Å². The summed E-state index contributed by atoms with van der Waals surface area (Å²) in [6.07, 6.45) is 39.5. The number of rotatable bonds is 33. The molecule has 4 nitrogen and oxygen atoms in total. The molecule has 0 amide bonds. The topological polar surface area (TPSA) is 63.6 Å². The Balaban J connectivity index is 3.96. The zero-order chi connectivity index (χ0) is 30.1. The molecular weight excluding hydrogens is 508 g/mol. The smallest absolute Gasteiger partial charge is 0.306 e. The first kappa shape index (κ1) is 39.7. The highest BCUT2D eigenvalue weighted by molar-refractivity contribution is 5.69. The molecule has 242 valence electrons. The molecule has 0 saturated heterocycles. The summed E-state index contributed by atoms with van der Waals surface area (Å²) in [7, 11) is 0. The Morgan fingerprint density at radius 3 is 1.39 bits per heavy atom. The first-order valence-corrected chi connectivity index (χ1v) is 18.2. The van der Waals surface area contributed by atoms with Gasteiger partial charge in [0, 0.05) is 12.8 Å². The number of allylic oxidation sites excluding steroid dienone is 2. The van der Waals surface area contributed by atoms with E-state index in [1.54, 1.807) is 0 Å². The molecule has 0 aliphatic rings. The van der Waals surface area contributed by atoms with Crippen molar-refractivity contribution >= 4 is 11.9 Å². The van der Waals surface area contributed by atoms with Crippen LogP contribution in [0.15, 0.2) is 12.2 Å². The van der Waals surface area contributed by atoms with Gasteiger partial charge in [-0.1, -0.05) is 148 Å². The molecule has 41 heavy (non-hydrogen) atoms. The average Bonchev–Trinajstić information content (AvgIpc) is 2.95. The fraction of sp³-hybridized carbons (Fsp3) is 0.892. The largest absolute Gasteiger partial charge is 0.481 e. The van der Waals surface area contributed by atoms with E-state index in [1.807, 2.05) is 0 Å². The van der Waals surface area contributed by atoms with Crippen LogP contribution in [0.4, 0.5) is 0 Å². The molecule has 0 spiro atoms. The lowest BCUT2D eigenvalue weighted by atomic mass is 10.0. The van der Waals surface area contributed by atoms with Gasteiger partial charge in [-0.05, 0) is 57.8 Å². The molecule has 0 saturated carbocycles. The molecule has 0 heterocycles. The summed E-state index contributed by atoms with van der Waals surface area (Å²) in [6, 6.07) is 0. The summed E-state index contributed by atoms with van der Waals surface area (Å²) in [5, 5.41) is 8.69. The second-order valence-electron chi connectivity index (χ2n) is 12.4. The lowest BCUT2D eigenvalue weighted by Crippen LogP contribution is -2.18. The number of hydrogen-bond acceptors (Lipinski definition) is 3. The van der Waals surface area contributed by atoms with E-state index in [1.165, 1.54) is 128 Å². The van der Waals surface area contributed by atoms with Gasteiger partial charge >= 0.3 is 11.9 Å². The molecule has 0 aliphatic carbocycles. The van der Waals surface area contributed by atoms with Gasteiger partial charge in [0.1, 0.15) is 6.10 Å². The molecule has 0 aromatic carbocycles. The second-order valence-corrected chi connectivity index (χ2v) is 12.4. The first-order valence-electron chi connectivity index (χ1n) is 18.2. The Hall–Kier alpha value is -1.32. The van der Waals surface area contributed by atoms with Gasteiger partial charge in [-0.3, -0.25) is 9.59 Å². The van der Waals surface area contributed by atoms with Crippen LogP contribution in [0.1, 0.15) is 206 Å². The molecular formula is C37H70O4. The Labute approximate surface area is 255 Å². The van der Waals surface area contributed by atoms with Gasteiger partial charge in [-0.2, -0.15) is 0 Å². The predicted molar refractivity (Wildman–Crippen MR) is 177 cm³/mol. The minimum atomic E-state index is -0.674. The summed E-state index contributed by atoms with van der Waals surface area (Å²) in [6.45, 7) is 4.50. The van der Waals surface area contributed by atoms with Gasteiger partial charge < -0.3 is 9.84 Å². The lowest BCUT2D eigenvalue weighted by Gasteiger charge is -2.18. The van der Waals surface area contributed by atoms with Crippen molar-refractivity contribution in [3.63, 3.8) is 0 Å². The van der Waals surface area contributed by atoms with Crippen LogP contribution in [-0.4, -0.2) is 23.1 Å². The van der Waals surface area contributed by atoms with E-state index in [9.17, 15) is 9.59 Å². The molecule has 0 aliphatic heterocycles. The number of carboxylic acids is 1. The minimum absolute atomic E-state index is 0.0292. The van der Waals surface area contributed by atoms with Crippen molar-refractivity contribution in [2.75, 3.05) is 0 Å². The van der Waals surface area contributed by atoms with Crippen molar-refractivity contribution in [2.24, 2.45) is 0 Å². The lowest BCUT2D eigenvalue weighted by molar-refractivity contribution is -0.150. The van der Waals surface area contributed by atoms with Crippen LogP contribution in [0.2, 0.25) is 0 Å². The normalized spacial score (nSPS) is 12.2. The predicted octanol–water partition coefficient (Wildman–Crippen LogP) is 12.3. The standard InChI is InChI=1S/C37H70O4/c1-3-5-7-9-11-12-13-14-19-22-26-30-34-37(40)41-35(31-27-23-10-8-6-4-2)32-28-24-20-17-15-16-18-21-25-29-33-36(38)39/h9,11,35H,3-8,10,12-34H2,1-2H3,(H,38,39)/b11-9-. The number of unbranched alkanes of at least 4 members (excludes halogenated alkanes) is 22. The Morgan fingerprint density at radius 2 is 0.902 bits per heavy atom. The van der Waals surface area contributed by atoms with E-state index in [4.69, 9.17) is 9.84 Å². The molecule has 0 aromatic heterocycles. The van der Waals surface area contributed by atoms with E-state index in [0.717, 1.165) is 51.4 Å². The van der Waals surface area contributed by atoms with Gasteiger partial charge in [0.25, 0.3) is 0 Å². The third-order valence-corrected chi connectivity index (χ3v) is 8.24. The van der Waals surface area contributed by atoms with E-state index in [2.05, 4.69) is 26.0 Å². The van der Waals surface area contributed by atoms with Crippen LogP contribution in [0, 0.1) is 0 Å². The van der Waals surface area contributed by atoms with Crippen LogP contribution >= 0.6 is 0 Å². The number of carbonyl (C=O) groups is 2. The van der Waals surface area contributed by atoms with Crippen LogP contribution in [0.3, 0.4) is 0 Å². The van der Waals surface area contributed by atoms with Crippen molar-refractivity contribution in [1.82, 2.24) is 0 Å². The third kappa shape index (κ3) is 33.1. The van der Waals surface area contributed by atoms with E-state index in [-0.39, 0.29) is 12.1 Å². The zero-order valence-corrected chi connectivity index (χ0v) is 27.6. The third-order valence-electron chi connectivity index (χ3n) is 8.24. The van der Waals surface area contributed by atoms with Crippen LogP contribution < -0.4 is 0 Å². The summed E-state index contributed by atoms with van der Waals surface area (Å²) < 4.78 is 6.00. The quantitative estimate of drug-likeness (QED) is 0.0478. The molecule has 0 rings (SSSR count). The summed E-state index contributed by atoms with van der Waals surface area (Å²) >= 11 is 0. The molecule has 0 radical (unpaired) electrons. The molecule has 0 aromatic rings. The number of carbonyl (C=O) groups excluding carboxylic acids is 1. The van der Waals surface area contributed by atoms with Gasteiger partial charge in [-0.25, -0.2) is 0 Å². The van der Waals surface area contributed by atoms with Crippen molar-refractivity contribution < 1.29 is 19.4 Å². The van der Waals surface area contributed by atoms with E-state index in [0.29, 0.717) is 12.8 Å². The van der Waals surface area contributed by atoms with Gasteiger partial charge in [-0.15, -0.1) is 0 Å². The Morgan fingerprint density at radius 1 is 0.512 bits per heavy atom. The van der Waals surface area contributed by atoms with Crippen molar-refractivity contribution in [1.29, 1.82) is 0 Å². The number of carboxylic acid groups (broad SMARTS) is 1. The fourth-order valence-corrected chi connectivity index (χ4v) is 5.52. The second kappa shape index (κ2) is 33.2. The van der Waals surface area contributed by atoms with Crippen molar-refractivity contribution in [3.05, 3.63) is 12.2 Å². The maximum absolute atomic E-state index is 12.6. The molecule has 0 fully saturated rings. The van der Waals surface area contributed by atoms with Crippen LogP contribution in [0.25, 0.3) is 0 Å². The average molecular weight is 579 g/mol. The SMILES string of the molecule is CCCC/C=C\CCCCCCCCC(=O)OC(CCCCCCCC)CCCCCCCCCCCCC(=O)O. The molecule has 1 unspecified atom stereocenters. The zero-order valence-electron chi connectivity index (χ0n) is 27.6. The number of esters is 1. The first-order chi connectivity index (χ1) is 20.1. The maximum Gasteiger partial charge on any atom is 0.306 e. The van der Waals surface area contributed by atoms with Gasteiger partial charge in [0.15, 0.2) is 0 Å². The molecule has 0 bridgehead atoms. The van der Waals surface area contributed by atoms with E-state index < -0.39 is 5.97 Å². The maximum atomic E-state index is 12.6. The number of aliphatic carboxylic acids is 1. The highest BCUT2D eigenvalue weighted by Gasteiger charge is 2.14. The number of hydrogen-bond donors (Lipinski definition) is 1. The Bertz CT molecular complexity index is 585. The minimum Gasteiger partial charge on any atom is -0.481 e. The fourth-order valence-electron chi connectivity index (χ4n) is 5.52. The summed E-state index contributed by atoms with van der Waals surface area (Å²) in [5.41, 5.74) is 0. The highest BCUT2D eigenvalue weighted by atomic mass is 16.5. The summed E-state index contributed by atoms with van der Waals surface area (Å²) in [5.74, 6) is -0.645. The molecule has 1 N–H and O–H groups in total. The van der Waals surface area contributed by atoms with Gasteiger partial charge in [0.2, 0.25) is 0 Å². The Kier molecular flexibility index (Phi) is 32.1. The number of ether oxygens (including phenoxy) is 1. The van der Waals surface area contributed by atoms with Gasteiger partial charge in [0.05, 0.1) is 0 Å². The molecule has 1 atom stereocenters. The van der Waals surface area contributed by atoms with Crippen molar-refractivity contribution in [2.45, 2.75) is 213 Å². The van der Waals surface area contributed by atoms with Crippen LogP contribution in [0.5, 0.6) is 0 Å². The van der Waals surface area contributed by atoms with Crippen LogP contribution in [-0.2, 0) is 14.3 Å². The molecule has 4 heteroatoms. The summed E-state index contributed by atoms with van der Waals surface area (Å²) in [4.78, 5) is 23.1.